The second kappa shape index (κ2) is 9.39. The molecule has 6 nitrogen and oxygen atoms in total. The highest BCUT2D eigenvalue weighted by molar-refractivity contribution is 5.75. The van der Waals surface area contributed by atoms with Crippen LogP contribution in [-0.4, -0.2) is 60.6 Å². The number of halogens is 1. The molecule has 0 radical (unpaired) electrons. The number of hydrogen-bond donors (Lipinski definition) is 0. The fourth-order valence-corrected chi connectivity index (χ4v) is 3.49. The Hall–Kier alpha value is -2.41. The molecule has 7 heteroatoms. The number of aromatic nitrogens is 1. The number of hydrogen-bond acceptors (Lipinski definition) is 5. The molecule has 0 saturated carbocycles. The number of amides is 1. The number of nitrogens with zero attached hydrogens (tertiary/aromatic N) is 4. The maximum Gasteiger partial charge on any atom is 0.232 e. The monoisotopic (exact) mass is 402 g/mol. The molecule has 1 fully saturated rings. The van der Waals surface area contributed by atoms with Gasteiger partial charge in [-0.25, -0.2) is 4.39 Å². The molecule has 0 bridgehead atoms. The van der Waals surface area contributed by atoms with Crippen LogP contribution in [0.2, 0.25) is 0 Å². The summed E-state index contributed by atoms with van der Waals surface area (Å²) in [6.45, 7) is 10.6. The lowest BCUT2D eigenvalue weighted by Gasteiger charge is -2.33. The van der Waals surface area contributed by atoms with Gasteiger partial charge in [0.05, 0.1) is 12.1 Å². The van der Waals surface area contributed by atoms with Gasteiger partial charge >= 0.3 is 0 Å². The third-order valence-electron chi connectivity index (χ3n) is 5.45. The maximum absolute atomic E-state index is 13.4. The third kappa shape index (κ3) is 5.35. The first-order valence-electron chi connectivity index (χ1n) is 10.3. The molecule has 158 valence electrons. The lowest BCUT2D eigenvalue weighted by Crippen LogP contribution is -2.44. The summed E-state index contributed by atoms with van der Waals surface area (Å²) in [5.41, 5.74) is 2.35. The molecule has 0 unspecified atom stereocenters. The fraction of sp³-hybridized carbons (Fsp3) is 0.545. The molecule has 0 spiro atoms. The summed E-state index contributed by atoms with van der Waals surface area (Å²) in [5.74, 6) is 0.961. The molecule has 2 heterocycles. The zero-order valence-corrected chi connectivity index (χ0v) is 17.8. The smallest absolute Gasteiger partial charge is 0.232 e. The third-order valence-corrected chi connectivity index (χ3v) is 5.45. The summed E-state index contributed by atoms with van der Waals surface area (Å²) in [5, 5.41) is 4.33. The largest absolute Gasteiger partial charge is 0.338 e. The summed E-state index contributed by atoms with van der Waals surface area (Å²) in [4.78, 5) is 18.6. The number of piperazine rings is 1. The van der Waals surface area contributed by atoms with Crippen LogP contribution in [0.1, 0.15) is 32.8 Å². The van der Waals surface area contributed by atoms with E-state index in [1.165, 1.54) is 12.1 Å². The van der Waals surface area contributed by atoms with Gasteiger partial charge in [0.2, 0.25) is 11.8 Å². The van der Waals surface area contributed by atoms with Crippen LogP contribution >= 0.6 is 0 Å². The highest BCUT2D eigenvalue weighted by Crippen LogP contribution is 2.33. The zero-order chi connectivity index (χ0) is 21.0. The zero-order valence-electron chi connectivity index (χ0n) is 17.8. The molecule has 1 aliphatic rings. The highest BCUT2D eigenvalue weighted by Gasteiger charge is 2.27. The van der Waals surface area contributed by atoms with E-state index in [0.717, 1.165) is 43.7 Å². The van der Waals surface area contributed by atoms with Gasteiger partial charge in [0.25, 0.3) is 0 Å². The maximum atomic E-state index is 13.4. The van der Waals surface area contributed by atoms with Gasteiger partial charge in [-0.15, -0.1) is 0 Å². The van der Waals surface area contributed by atoms with E-state index < -0.39 is 0 Å². The molecule has 1 aromatic heterocycles. The Bertz CT molecular complexity index is 811. The highest BCUT2D eigenvalue weighted by atomic mass is 19.1. The second-order valence-electron chi connectivity index (χ2n) is 8.24. The van der Waals surface area contributed by atoms with E-state index in [1.54, 1.807) is 19.1 Å². The molecule has 1 aliphatic heterocycles. The molecular formula is C22H31FN4O2. The second-order valence-corrected chi connectivity index (χ2v) is 8.24. The van der Waals surface area contributed by atoms with E-state index in [0.29, 0.717) is 30.6 Å². The predicted molar refractivity (Wildman–Crippen MR) is 112 cm³/mol. The Labute approximate surface area is 172 Å². The number of carbonyl (C=O) groups is 1. The van der Waals surface area contributed by atoms with Crippen molar-refractivity contribution < 1.29 is 13.7 Å². The van der Waals surface area contributed by atoms with E-state index in [-0.39, 0.29) is 11.7 Å². The SMILES string of the molecule is CC(=O)N(CCC(C)C)Cc1c(-c2ccc(F)cc2)noc1N1CCN(C)CC1. The Kier molecular flexibility index (Phi) is 6.90. The number of likely N-dealkylation sites (N-methyl/N-ethyl adjacent to an activating group) is 1. The molecular weight excluding hydrogens is 371 g/mol. The Morgan fingerprint density at radius 2 is 1.86 bits per heavy atom. The van der Waals surface area contributed by atoms with Crippen LogP contribution in [-0.2, 0) is 11.3 Å². The minimum absolute atomic E-state index is 0.0289. The average molecular weight is 403 g/mol. The normalized spacial score (nSPS) is 15.2. The lowest BCUT2D eigenvalue weighted by molar-refractivity contribution is -0.129. The first-order chi connectivity index (χ1) is 13.8. The summed E-state index contributed by atoms with van der Waals surface area (Å²) < 4.78 is 19.2. The Balaban J connectivity index is 1.94. The van der Waals surface area contributed by atoms with Gasteiger partial charge in [0, 0.05) is 45.2 Å². The Morgan fingerprint density at radius 3 is 2.45 bits per heavy atom. The van der Waals surface area contributed by atoms with Crippen LogP contribution in [0.4, 0.5) is 10.3 Å². The van der Waals surface area contributed by atoms with Crippen molar-refractivity contribution in [3.05, 3.63) is 35.6 Å². The van der Waals surface area contributed by atoms with Gasteiger partial charge in [-0.05, 0) is 43.7 Å². The van der Waals surface area contributed by atoms with Gasteiger partial charge in [-0.2, -0.15) is 0 Å². The van der Waals surface area contributed by atoms with Gasteiger partial charge < -0.3 is 19.2 Å². The molecule has 2 aromatic rings. The van der Waals surface area contributed by atoms with Crippen LogP contribution in [0.25, 0.3) is 11.3 Å². The van der Waals surface area contributed by atoms with E-state index in [9.17, 15) is 9.18 Å². The van der Waals surface area contributed by atoms with Gasteiger partial charge in [0.1, 0.15) is 11.5 Å². The van der Waals surface area contributed by atoms with Crippen molar-refractivity contribution in [2.45, 2.75) is 33.7 Å². The topological polar surface area (TPSA) is 52.8 Å². The number of rotatable bonds is 7. The molecule has 0 N–H and O–H groups in total. The van der Waals surface area contributed by atoms with Gasteiger partial charge in [-0.1, -0.05) is 19.0 Å². The van der Waals surface area contributed by atoms with Crippen molar-refractivity contribution in [1.29, 1.82) is 0 Å². The van der Waals surface area contributed by atoms with E-state index in [2.05, 4.69) is 35.9 Å². The summed E-state index contributed by atoms with van der Waals surface area (Å²) in [6, 6.07) is 6.25. The van der Waals surface area contributed by atoms with Crippen molar-refractivity contribution in [1.82, 2.24) is 15.0 Å². The first kappa shape index (κ1) is 21.3. The van der Waals surface area contributed by atoms with Crippen LogP contribution in [0.5, 0.6) is 0 Å². The average Bonchev–Trinajstić information content (AvgIpc) is 3.09. The number of benzene rings is 1. The fourth-order valence-electron chi connectivity index (χ4n) is 3.49. The van der Waals surface area contributed by atoms with E-state index >= 15 is 0 Å². The van der Waals surface area contributed by atoms with Crippen LogP contribution in [0.15, 0.2) is 28.8 Å². The molecule has 1 saturated heterocycles. The van der Waals surface area contributed by atoms with E-state index in [1.807, 2.05) is 4.90 Å². The number of carbonyl (C=O) groups excluding carboxylic acids is 1. The molecule has 0 aliphatic carbocycles. The Morgan fingerprint density at radius 1 is 1.21 bits per heavy atom. The molecule has 3 rings (SSSR count). The van der Waals surface area contributed by atoms with E-state index in [4.69, 9.17) is 4.52 Å². The van der Waals surface area contributed by atoms with Crippen molar-refractivity contribution in [3.63, 3.8) is 0 Å². The lowest BCUT2D eigenvalue weighted by atomic mass is 10.1. The van der Waals surface area contributed by atoms with Crippen molar-refractivity contribution >= 4 is 11.8 Å². The van der Waals surface area contributed by atoms with Crippen LogP contribution in [0.3, 0.4) is 0 Å². The standard InChI is InChI=1S/C22H31FN4O2/c1-16(2)9-10-27(17(3)28)15-20-21(18-5-7-19(23)8-6-18)24-29-22(20)26-13-11-25(4)12-14-26/h5-8,16H,9-15H2,1-4H3. The van der Waals surface area contributed by atoms with Crippen molar-refractivity contribution in [2.24, 2.45) is 5.92 Å². The predicted octanol–water partition coefficient (Wildman–Crippen LogP) is 3.63. The molecule has 29 heavy (non-hydrogen) atoms. The van der Waals surface area contributed by atoms with Crippen LogP contribution < -0.4 is 4.90 Å². The van der Waals surface area contributed by atoms with Crippen LogP contribution in [0, 0.1) is 11.7 Å². The van der Waals surface area contributed by atoms with Gasteiger partial charge in [-0.3, -0.25) is 4.79 Å². The summed E-state index contributed by atoms with van der Waals surface area (Å²) >= 11 is 0. The molecule has 1 amide bonds. The molecule has 0 atom stereocenters. The van der Waals surface area contributed by atoms with Crippen molar-refractivity contribution in [2.75, 3.05) is 44.7 Å². The summed E-state index contributed by atoms with van der Waals surface area (Å²) in [6.07, 6.45) is 0.931. The minimum Gasteiger partial charge on any atom is -0.338 e. The first-order valence-corrected chi connectivity index (χ1v) is 10.3. The summed E-state index contributed by atoms with van der Waals surface area (Å²) in [7, 11) is 2.10. The number of anilines is 1. The molecule has 1 aromatic carbocycles. The van der Waals surface area contributed by atoms with Gasteiger partial charge in [0.15, 0.2) is 0 Å². The quantitative estimate of drug-likeness (QED) is 0.708. The van der Waals surface area contributed by atoms with Crippen molar-refractivity contribution in [3.8, 4) is 11.3 Å². The minimum atomic E-state index is -0.291.